The van der Waals surface area contributed by atoms with Crippen molar-refractivity contribution in [2.24, 2.45) is 0 Å². The third-order valence-corrected chi connectivity index (χ3v) is 3.10. The maximum Gasteiger partial charge on any atom is 0.241 e. The van der Waals surface area contributed by atoms with Gasteiger partial charge in [-0.25, -0.2) is 0 Å². The van der Waals surface area contributed by atoms with Crippen molar-refractivity contribution in [2.45, 2.75) is 6.04 Å². The number of fused-ring (bicyclic) bond motifs is 1. The Kier molecular flexibility index (Phi) is 2.60. The third-order valence-electron chi connectivity index (χ3n) is 3.10. The van der Waals surface area contributed by atoms with E-state index in [-0.39, 0.29) is 17.7 Å². The van der Waals surface area contributed by atoms with Crippen LogP contribution in [0.4, 0.5) is 0 Å². The van der Waals surface area contributed by atoms with Crippen LogP contribution in [0.2, 0.25) is 0 Å². The van der Waals surface area contributed by atoms with Crippen molar-refractivity contribution in [3.63, 3.8) is 0 Å². The Morgan fingerprint density at radius 1 is 1.28 bits per heavy atom. The number of carbonyl (C=O) groups is 1. The molecule has 0 saturated carbocycles. The lowest BCUT2D eigenvalue weighted by molar-refractivity contribution is -0.124. The van der Waals surface area contributed by atoms with Crippen molar-refractivity contribution in [3.8, 4) is 5.75 Å². The number of nitrogens with one attached hydrogen (secondary N) is 2. The molecule has 0 aliphatic carbocycles. The van der Waals surface area contributed by atoms with Crippen LogP contribution in [0, 0.1) is 0 Å². The predicted molar refractivity (Wildman–Crippen MR) is 67.2 cm³/mol. The summed E-state index contributed by atoms with van der Waals surface area (Å²) in [6, 6.07) is 6.40. The summed E-state index contributed by atoms with van der Waals surface area (Å²) in [4.78, 5) is 16.1. The van der Waals surface area contributed by atoms with Crippen LogP contribution in [-0.4, -0.2) is 29.1 Å². The molecule has 1 aromatic heterocycles. The standard InChI is InChI=1S/C13H13N3O2/c17-8-1-2-11-10(7-8)9(3-4-14-11)12-13(18)16-6-5-15-12/h1-4,7,12,15,17H,5-6H2,(H,16,18). The molecule has 1 fully saturated rings. The van der Waals surface area contributed by atoms with Crippen molar-refractivity contribution >= 4 is 16.8 Å². The summed E-state index contributed by atoms with van der Waals surface area (Å²) in [6.07, 6.45) is 1.68. The molecule has 3 rings (SSSR count). The summed E-state index contributed by atoms with van der Waals surface area (Å²) >= 11 is 0. The summed E-state index contributed by atoms with van der Waals surface area (Å²) in [7, 11) is 0. The fraction of sp³-hybridized carbons (Fsp3) is 0.231. The Hall–Kier alpha value is -2.14. The van der Waals surface area contributed by atoms with E-state index in [9.17, 15) is 9.90 Å². The summed E-state index contributed by atoms with van der Waals surface area (Å²) in [6.45, 7) is 1.38. The average molecular weight is 243 g/mol. The molecular weight excluding hydrogens is 230 g/mol. The van der Waals surface area contributed by atoms with E-state index in [1.165, 1.54) is 0 Å². The molecule has 92 valence electrons. The predicted octanol–water partition coefficient (Wildman–Crippen LogP) is 0.701. The number of hydrogen-bond acceptors (Lipinski definition) is 4. The first kappa shape index (κ1) is 11.0. The number of pyridine rings is 1. The number of aromatic nitrogens is 1. The van der Waals surface area contributed by atoms with Crippen molar-refractivity contribution in [1.29, 1.82) is 0 Å². The molecule has 1 aliphatic rings. The highest BCUT2D eigenvalue weighted by Gasteiger charge is 2.24. The van der Waals surface area contributed by atoms with Gasteiger partial charge in [0.2, 0.25) is 5.91 Å². The van der Waals surface area contributed by atoms with Crippen molar-refractivity contribution in [3.05, 3.63) is 36.0 Å². The molecule has 1 aromatic carbocycles. The molecule has 1 atom stereocenters. The number of piperazine rings is 1. The van der Waals surface area contributed by atoms with Gasteiger partial charge in [-0.3, -0.25) is 9.78 Å². The van der Waals surface area contributed by atoms with E-state index in [1.54, 1.807) is 24.4 Å². The zero-order valence-corrected chi connectivity index (χ0v) is 9.68. The minimum absolute atomic E-state index is 0.0444. The summed E-state index contributed by atoms with van der Waals surface area (Å²) < 4.78 is 0. The average Bonchev–Trinajstić information content (AvgIpc) is 2.39. The molecule has 18 heavy (non-hydrogen) atoms. The van der Waals surface area contributed by atoms with Gasteiger partial charge in [-0.05, 0) is 29.8 Å². The fourth-order valence-electron chi connectivity index (χ4n) is 2.26. The molecule has 1 amide bonds. The van der Waals surface area contributed by atoms with Crippen LogP contribution in [0.3, 0.4) is 0 Å². The van der Waals surface area contributed by atoms with Crippen LogP contribution in [0.5, 0.6) is 5.75 Å². The van der Waals surface area contributed by atoms with Gasteiger partial charge in [0.05, 0.1) is 5.52 Å². The molecule has 2 aromatic rings. The minimum atomic E-state index is -0.383. The fourth-order valence-corrected chi connectivity index (χ4v) is 2.26. The maximum atomic E-state index is 11.9. The van der Waals surface area contributed by atoms with Crippen LogP contribution in [0.1, 0.15) is 11.6 Å². The number of nitrogens with zero attached hydrogens (tertiary/aromatic N) is 1. The smallest absolute Gasteiger partial charge is 0.241 e. The largest absolute Gasteiger partial charge is 0.508 e. The number of aromatic hydroxyl groups is 1. The SMILES string of the molecule is O=C1NCCNC1c1ccnc2ccc(O)cc12. The summed E-state index contributed by atoms with van der Waals surface area (Å²) in [5, 5.41) is 16.4. The topological polar surface area (TPSA) is 74.2 Å². The van der Waals surface area contributed by atoms with Gasteiger partial charge in [0.1, 0.15) is 11.8 Å². The normalized spacial score (nSPS) is 19.8. The number of carbonyl (C=O) groups excluding carboxylic acids is 1. The van der Waals surface area contributed by atoms with Gasteiger partial charge in [-0.2, -0.15) is 0 Å². The second-order valence-electron chi connectivity index (χ2n) is 4.28. The number of benzene rings is 1. The van der Waals surface area contributed by atoms with E-state index in [4.69, 9.17) is 0 Å². The Morgan fingerprint density at radius 3 is 3.00 bits per heavy atom. The first-order valence-electron chi connectivity index (χ1n) is 5.84. The van der Waals surface area contributed by atoms with Gasteiger partial charge in [0.25, 0.3) is 0 Å². The van der Waals surface area contributed by atoms with Crippen LogP contribution < -0.4 is 10.6 Å². The quantitative estimate of drug-likeness (QED) is 0.689. The van der Waals surface area contributed by atoms with E-state index >= 15 is 0 Å². The molecule has 0 radical (unpaired) electrons. The molecule has 5 heteroatoms. The first-order valence-corrected chi connectivity index (χ1v) is 5.84. The first-order chi connectivity index (χ1) is 8.75. The summed E-state index contributed by atoms with van der Waals surface area (Å²) in [5.74, 6) is 0.130. The number of amides is 1. The molecule has 1 aliphatic heterocycles. The lowest BCUT2D eigenvalue weighted by atomic mass is 10.00. The molecule has 0 bridgehead atoms. The van der Waals surface area contributed by atoms with Crippen LogP contribution >= 0.6 is 0 Å². The molecular formula is C13H13N3O2. The molecule has 0 spiro atoms. The highest BCUT2D eigenvalue weighted by atomic mass is 16.3. The van der Waals surface area contributed by atoms with Crippen LogP contribution in [0.15, 0.2) is 30.5 Å². The Balaban J connectivity index is 2.15. The molecule has 1 unspecified atom stereocenters. The van der Waals surface area contributed by atoms with Crippen molar-refractivity contribution in [2.75, 3.05) is 13.1 Å². The molecule has 2 heterocycles. The van der Waals surface area contributed by atoms with Crippen LogP contribution in [0.25, 0.3) is 10.9 Å². The Labute approximate surface area is 104 Å². The highest BCUT2D eigenvalue weighted by Crippen LogP contribution is 2.26. The number of phenolic OH excluding ortho intramolecular Hbond substituents is 1. The van der Waals surface area contributed by atoms with E-state index in [0.29, 0.717) is 6.54 Å². The molecule has 5 nitrogen and oxygen atoms in total. The van der Waals surface area contributed by atoms with Gasteiger partial charge in [-0.1, -0.05) is 0 Å². The zero-order valence-electron chi connectivity index (χ0n) is 9.68. The minimum Gasteiger partial charge on any atom is -0.508 e. The lowest BCUT2D eigenvalue weighted by Gasteiger charge is -2.24. The number of rotatable bonds is 1. The Bertz CT molecular complexity index is 612. The zero-order chi connectivity index (χ0) is 12.5. The van der Waals surface area contributed by atoms with Crippen LogP contribution in [-0.2, 0) is 4.79 Å². The third kappa shape index (κ3) is 1.78. The molecule has 3 N–H and O–H groups in total. The Morgan fingerprint density at radius 2 is 2.17 bits per heavy atom. The van der Waals surface area contributed by atoms with E-state index in [0.717, 1.165) is 23.0 Å². The van der Waals surface area contributed by atoms with Crippen molar-refractivity contribution in [1.82, 2.24) is 15.6 Å². The van der Waals surface area contributed by atoms with Gasteiger partial charge in [0, 0.05) is 24.7 Å². The van der Waals surface area contributed by atoms with E-state index in [2.05, 4.69) is 15.6 Å². The second-order valence-corrected chi connectivity index (χ2v) is 4.28. The van der Waals surface area contributed by atoms with Gasteiger partial charge < -0.3 is 15.7 Å². The van der Waals surface area contributed by atoms with Gasteiger partial charge >= 0.3 is 0 Å². The summed E-state index contributed by atoms with van der Waals surface area (Å²) in [5.41, 5.74) is 1.61. The number of phenols is 1. The number of hydrogen-bond donors (Lipinski definition) is 3. The van der Waals surface area contributed by atoms with Gasteiger partial charge in [-0.15, -0.1) is 0 Å². The van der Waals surface area contributed by atoms with E-state index in [1.807, 2.05) is 6.07 Å². The van der Waals surface area contributed by atoms with Gasteiger partial charge in [0.15, 0.2) is 0 Å². The van der Waals surface area contributed by atoms with E-state index < -0.39 is 0 Å². The maximum absolute atomic E-state index is 11.9. The van der Waals surface area contributed by atoms with Crippen molar-refractivity contribution < 1.29 is 9.90 Å². The lowest BCUT2D eigenvalue weighted by Crippen LogP contribution is -2.47. The monoisotopic (exact) mass is 243 g/mol. The molecule has 1 saturated heterocycles. The second kappa shape index (κ2) is 4.27. The highest BCUT2D eigenvalue weighted by molar-refractivity contribution is 5.91.